The zero-order valence-corrected chi connectivity index (χ0v) is 19.7. The maximum Gasteiger partial charge on any atom is 0.127 e. The van der Waals surface area contributed by atoms with Crippen molar-refractivity contribution in [3.8, 4) is 27.4 Å². The molecule has 0 radical (unpaired) electrons. The van der Waals surface area contributed by atoms with E-state index in [1.165, 1.54) is 20.5 Å². The van der Waals surface area contributed by atoms with Gasteiger partial charge < -0.3 is 15.2 Å². The highest BCUT2D eigenvalue weighted by atomic mass is 32.1. The Morgan fingerprint density at radius 2 is 1.88 bits per heavy atom. The minimum Gasteiger partial charge on any atom is -0.508 e. The standard InChI is InChI=1S/C27H29N3O2S/c1-19-23-8-2-3-9-25(23)33-27(19)21-17-24(20-6-4-7-22(31)16-20)29-26(18-21)28-10-5-11-30-12-14-32-15-13-30/h2-4,6-9,16-18,31H,5,10-15H2,1H3,(H,28,29). The second-order valence-electron chi connectivity index (χ2n) is 8.46. The Bertz CT molecular complexity index is 1250. The maximum atomic E-state index is 10.0. The fourth-order valence-corrected chi connectivity index (χ4v) is 5.56. The molecule has 1 saturated heterocycles. The zero-order valence-electron chi connectivity index (χ0n) is 18.9. The molecule has 0 saturated carbocycles. The smallest absolute Gasteiger partial charge is 0.127 e. The van der Waals surface area contributed by atoms with E-state index < -0.39 is 0 Å². The molecule has 1 fully saturated rings. The molecule has 5 nitrogen and oxygen atoms in total. The molecule has 5 rings (SSSR count). The number of anilines is 1. The van der Waals surface area contributed by atoms with E-state index in [4.69, 9.17) is 9.72 Å². The van der Waals surface area contributed by atoms with Crippen LogP contribution in [0.1, 0.15) is 12.0 Å². The number of hydrogen-bond donors (Lipinski definition) is 2. The fourth-order valence-electron chi connectivity index (χ4n) is 4.36. The van der Waals surface area contributed by atoms with Crippen LogP contribution in [0.4, 0.5) is 5.82 Å². The van der Waals surface area contributed by atoms with Crippen molar-refractivity contribution in [3.63, 3.8) is 0 Å². The number of benzene rings is 2. The number of phenolic OH excluding ortho intramolecular Hbond substituents is 1. The molecule has 1 aliphatic heterocycles. The predicted octanol–water partition coefficient (Wildman–Crippen LogP) is 5.78. The number of morpholine rings is 1. The Morgan fingerprint density at radius 3 is 2.70 bits per heavy atom. The van der Waals surface area contributed by atoms with E-state index >= 15 is 0 Å². The number of rotatable bonds is 7. The topological polar surface area (TPSA) is 57.6 Å². The average Bonchev–Trinajstić information content (AvgIpc) is 3.19. The van der Waals surface area contributed by atoms with Crippen LogP contribution in [-0.2, 0) is 4.74 Å². The van der Waals surface area contributed by atoms with Gasteiger partial charge >= 0.3 is 0 Å². The van der Waals surface area contributed by atoms with Crippen LogP contribution in [0, 0.1) is 6.92 Å². The lowest BCUT2D eigenvalue weighted by atomic mass is 10.0. The van der Waals surface area contributed by atoms with Gasteiger partial charge in [0.1, 0.15) is 11.6 Å². The fraction of sp³-hybridized carbons (Fsp3) is 0.296. The van der Waals surface area contributed by atoms with Gasteiger partial charge in [0.25, 0.3) is 0 Å². The second-order valence-corrected chi connectivity index (χ2v) is 9.52. The summed E-state index contributed by atoms with van der Waals surface area (Å²) in [6.07, 6.45) is 1.05. The maximum absolute atomic E-state index is 10.0. The van der Waals surface area contributed by atoms with Crippen LogP contribution in [-0.4, -0.2) is 54.4 Å². The normalized spacial score (nSPS) is 14.6. The summed E-state index contributed by atoms with van der Waals surface area (Å²) in [6, 6.07) is 20.1. The number of aromatic nitrogens is 1. The Morgan fingerprint density at radius 1 is 1.03 bits per heavy atom. The summed E-state index contributed by atoms with van der Waals surface area (Å²) in [7, 11) is 0. The lowest BCUT2D eigenvalue weighted by Gasteiger charge is -2.26. The molecule has 3 heterocycles. The summed E-state index contributed by atoms with van der Waals surface area (Å²) in [5, 5.41) is 14.9. The summed E-state index contributed by atoms with van der Waals surface area (Å²) < 4.78 is 6.73. The minimum absolute atomic E-state index is 0.248. The van der Waals surface area contributed by atoms with Crippen molar-refractivity contribution in [2.75, 3.05) is 44.7 Å². The van der Waals surface area contributed by atoms with Gasteiger partial charge in [-0.3, -0.25) is 4.90 Å². The lowest BCUT2D eigenvalue weighted by molar-refractivity contribution is 0.0378. The van der Waals surface area contributed by atoms with Crippen LogP contribution in [0.2, 0.25) is 0 Å². The van der Waals surface area contributed by atoms with Crippen LogP contribution < -0.4 is 5.32 Å². The average molecular weight is 460 g/mol. The first kappa shape index (κ1) is 21.9. The van der Waals surface area contributed by atoms with Gasteiger partial charge in [0, 0.05) is 34.8 Å². The first-order chi connectivity index (χ1) is 16.2. The molecular formula is C27H29N3O2S. The van der Waals surface area contributed by atoms with Crippen molar-refractivity contribution in [1.82, 2.24) is 9.88 Å². The van der Waals surface area contributed by atoms with Gasteiger partial charge in [-0.1, -0.05) is 30.3 Å². The van der Waals surface area contributed by atoms with Crippen LogP contribution in [0.25, 0.3) is 31.8 Å². The Labute approximate surface area is 198 Å². The number of aryl methyl sites for hydroxylation is 1. The third kappa shape index (κ3) is 5.03. The molecule has 0 unspecified atom stereocenters. The third-order valence-electron chi connectivity index (χ3n) is 6.13. The SMILES string of the molecule is Cc1c(-c2cc(NCCCN3CCOCC3)nc(-c3cccc(O)c3)c2)sc2ccccc12. The van der Waals surface area contributed by atoms with Crippen molar-refractivity contribution in [1.29, 1.82) is 0 Å². The van der Waals surface area contributed by atoms with Crippen LogP contribution in [0.3, 0.4) is 0 Å². The van der Waals surface area contributed by atoms with Crippen molar-refractivity contribution < 1.29 is 9.84 Å². The van der Waals surface area contributed by atoms with Crippen molar-refractivity contribution >= 4 is 27.2 Å². The van der Waals surface area contributed by atoms with E-state index in [-0.39, 0.29) is 5.75 Å². The van der Waals surface area contributed by atoms with Crippen LogP contribution in [0.15, 0.2) is 60.7 Å². The number of fused-ring (bicyclic) bond motifs is 1. The highest BCUT2D eigenvalue weighted by Crippen LogP contribution is 2.40. The van der Waals surface area contributed by atoms with E-state index in [0.717, 1.165) is 68.5 Å². The number of pyridine rings is 1. The van der Waals surface area contributed by atoms with Crippen molar-refractivity contribution in [2.45, 2.75) is 13.3 Å². The summed E-state index contributed by atoms with van der Waals surface area (Å²) >= 11 is 1.82. The van der Waals surface area contributed by atoms with Gasteiger partial charge in [-0.15, -0.1) is 11.3 Å². The molecule has 2 aromatic heterocycles. The number of phenols is 1. The highest BCUT2D eigenvalue weighted by Gasteiger charge is 2.14. The van der Waals surface area contributed by atoms with Crippen LogP contribution in [0.5, 0.6) is 5.75 Å². The molecule has 170 valence electrons. The van der Waals surface area contributed by atoms with E-state index in [2.05, 4.69) is 53.5 Å². The molecule has 1 aliphatic rings. The summed E-state index contributed by atoms with van der Waals surface area (Å²) in [4.78, 5) is 8.60. The van der Waals surface area contributed by atoms with Crippen LogP contribution >= 0.6 is 11.3 Å². The number of nitrogens with zero attached hydrogens (tertiary/aromatic N) is 2. The zero-order chi connectivity index (χ0) is 22.6. The largest absolute Gasteiger partial charge is 0.508 e. The molecule has 0 bridgehead atoms. The first-order valence-corrected chi connectivity index (χ1v) is 12.3. The number of nitrogens with one attached hydrogen (secondary N) is 1. The van der Waals surface area contributed by atoms with Gasteiger partial charge in [-0.05, 0) is 66.7 Å². The Hall–Kier alpha value is -2.93. The van der Waals surface area contributed by atoms with E-state index in [0.29, 0.717) is 0 Å². The highest BCUT2D eigenvalue weighted by molar-refractivity contribution is 7.22. The monoisotopic (exact) mass is 459 g/mol. The van der Waals surface area contributed by atoms with E-state index in [9.17, 15) is 5.11 Å². The molecule has 0 atom stereocenters. The molecule has 0 amide bonds. The molecule has 0 aliphatic carbocycles. The van der Waals surface area contributed by atoms with Gasteiger partial charge in [-0.25, -0.2) is 4.98 Å². The number of hydrogen-bond acceptors (Lipinski definition) is 6. The van der Waals surface area contributed by atoms with E-state index in [1.54, 1.807) is 12.1 Å². The molecule has 4 aromatic rings. The Kier molecular flexibility index (Phi) is 6.58. The second kappa shape index (κ2) is 9.91. The van der Waals surface area contributed by atoms with Crippen molar-refractivity contribution in [2.24, 2.45) is 0 Å². The molecule has 2 aromatic carbocycles. The summed E-state index contributed by atoms with van der Waals surface area (Å²) in [6.45, 7) is 7.81. The van der Waals surface area contributed by atoms with Gasteiger partial charge in [0.2, 0.25) is 0 Å². The molecule has 33 heavy (non-hydrogen) atoms. The number of thiophene rings is 1. The third-order valence-corrected chi connectivity index (χ3v) is 7.46. The lowest BCUT2D eigenvalue weighted by Crippen LogP contribution is -2.37. The Balaban J connectivity index is 1.43. The minimum atomic E-state index is 0.248. The number of ether oxygens (including phenoxy) is 1. The molecule has 2 N–H and O–H groups in total. The molecular weight excluding hydrogens is 430 g/mol. The summed E-state index contributed by atoms with van der Waals surface area (Å²) in [5.41, 5.74) is 4.21. The van der Waals surface area contributed by atoms with Gasteiger partial charge in [0.15, 0.2) is 0 Å². The molecule has 6 heteroatoms. The molecule has 0 spiro atoms. The number of aromatic hydroxyl groups is 1. The van der Waals surface area contributed by atoms with Gasteiger partial charge in [0.05, 0.1) is 18.9 Å². The van der Waals surface area contributed by atoms with Gasteiger partial charge in [-0.2, -0.15) is 0 Å². The quantitative estimate of drug-likeness (QED) is 0.343. The predicted molar refractivity (Wildman–Crippen MR) is 137 cm³/mol. The van der Waals surface area contributed by atoms with Crippen molar-refractivity contribution in [3.05, 3.63) is 66.2 Å². The van der Waals surface area contributed by atoms with E-state index in [1.807, 2.05) is 23.5 Å². The first-order valence-electron chi connectivity index (χ1n) is 11.5. The summed E-state index contributed by atoms with van der Waals surface area (Å²) in [5.74, 6) is 1.11.